The number of nitrogens with two attached hydrogens (primary N) is 1. The molecule has 1 amide bonds. The highest BCUT2D eigenvalue weighted by Crippen LogP contribution is 2.33. The van der Waals surface area contributed by atoms with Gasteiger partial charge in [0.15, 0.2) is 0 Å². The number of carbonyl (C=O) groups excluding carboxylic acids is 1. The van der Waals surface area contributed by atoms with Crippen LogP contribution in [0, 0.1) is 5.92 Å². The Kier molecular flexibility index (Phi) is 5.00. The average molecular weight is 376 g/mol. The third kappa shape index (κ3) is 3.77. The van der Waals surface area contributed by atoms with Gasteiger partial charge in [-0.05, 0) is 41.3 Å². The zero-order chi connectivity index (χ0) is 18.6. The number of pyridine rings is 1. The Labute approximate surface area is 161 Å². The van der Waals surface area contributed by atoms with Crippen molar-refractivity contribution in [3.05, 3.63) is 71.9 Å². The highest BCUT2D eigenvalue weighted by molar-refractivity contribution is 7.14. The zero-order valence-corrected chi connectivity index (χ0v) is 15.5. The van der Waals surface area contributed by atoms with Gasteiger partial charge < -0.3 is 16.0 Å². The van der Waals surface area contributed by atoms with Crippen molar-refractivity contribution in [3.63, 3.8) is 0 Å². The summed E-state index contributed by atoms with van der Waals surface area (Å²) in [4.78, 5) is 20.1. The van der Waals surface area contributed by atoms with E-state index in [9.17, 15) is 4.79 Å². The lowest BCUT2D eigenvalue weighted by Crippen LogP contribution is -2.30. The minimum Gasteiger partial charge on any atom is -0.346 e. The monoisotopic (exact) mass is 376 g/mol. The van der Waals surface area contributed by atoms with Crippen molar-refractivity contribution < 1.29 is 4.79 Å². The Hall–Kier alpha value is -2.96. The number of thiophene rings is 1. The van der Waals surface area contributed by atoms with E-state index >= 15 is 0 Å². The first-order chi connectivity index (χ1) is 13.2. The molecule has 0 saturated carbocycles. The van der Waals surface area contributed by atoms with E-state index in [1.54, 1.807) is 6.20 Å². The second kappa shape index (κ2) is 7.73. The van der Waals surface area contributed by atoms with Gasteiger partial charge in [0.2, 0.25) is 5.91 Å². The largest absolute Gasteiger partial charge is 0.346 e. The summed E-state index contributed by atoms with van der Waals surface area (Å²) >= 11 is 1.51. The first kappa shape index (κ1) is 17.5. The minimum atomic E-state index is -0.254. The number of nitrogens with one attached hydrogen (secondary N) is 2. The molecule has 4 rings (SSSR count). The fraction of sp³-hybridized carbons (Fsp3) is 0.143. The Morgan fingerprint density at radius 2 is 2.07 bits per heavy atom. The number of hydrogen-bond acceptors (Lipinski definition) is 4. The van der Waals surface area contributed by atoms with Crippen LogP contribution >= 0.6 is 11.3 Å². The van der Waals surface area contributed by atoms with Gasteiger partial charge in [-0.2, -0.15) is 0 Å². The van der Waals surface area contributed by atoms with Gasteiger partial charge in [0.05, 0.1) is 10.9 Å². The van der Waals surface area contributed by atoms with Crippen molar-refractivity contribution >= 4 is 33.3 Å². The maximum Gasteiger partial charge on any atom is 0.229 e. The number of benzene rings is 1. The molecular formula is C21H20N4OS. The number of aromatic nitrogens is 2. The maximum atomic E-state index is 12.7. The average Bonchev–Trinajstić information content (AvgIpc) is 3.36. The first-order valence-corrected chi connectivity index (χ1v) is 9.68. The fourth-order valence-corrected chi connectivity index (χ4v) is 3.96. The Morgan fingerprint density at radius 1 is 1.22 bits per heavy atom. The van der Waals surface area contributed by atoms with E-state index in [2.05, 4.69) is 15.3 Å². The van der Waals surface area contributed by atoms with E-state index in [4.69, 9.17) is 5.73 Å². The summed E-state index contributed by atoms with van der Waals surface area (Å²) in [7, 11) is 0. The van der Waals surface area contributed by atoms with Crippen LogP contribution < -0.4 is 11.1 Å². The first-order valence-electron chi connectivity index (χ1n) is 8.80. The van der Waals surface area contributed by atoms with E-state index in [0.717, 1.165) is 32.7 Å². The van der Waals surface area contributed by atoms with E-state index in [1.165, 1.54) is 11.3 Å². The van der Waals surface area contributed by atoms with Crippen LogP contribution in [0.2, 0.25) is 0 Å². The van der Waals surface area contributed by atoms with Crippen molar-refractivity contribution in [3.8, 4) is 11.1 Å². The molecule has 0 radical (unpaired) electrons. The molecule has 136 valence electrons. The van der Waals surface area contributed by atoms with Crippen molar-refractivity contribution in [1.29, 1.82) is 0 Å². The highest BCUT2D eigenvalue weighted by atomic mass is 32.1. The fourth-order valence-electron chi connectivity index (χ4n) is 3.16. The molecule has 0 aliphatic heterocycles. The lowest BCUT2D eigenvalue weighted by molar-refractivity contribution is -0.119. The summed E-state index contributed by atoms with van der Waals surface area (Å²) in [5.41, 5.74) is 9.98. The molecule has 3 aromatic heterocycles. The molecule has 0 fully saturated rings. The van der Waals surface area contributed by atoms with Crippen LogP contribution in [-0.2, 0) is 11.2 Å². The molecule has 5 nitrogen and oxygen atoms in total. The van der Waals surface area contributed by atoms with Crippen molar-refractivity contribution in [2.24, 2.45) is 11.7 Å². The molecular weight excluding hydrogens is 356 g/mol. The number of fused-ring (bicyclic) bond motifs is 1. The zero-order valence-electron chi connectivity index (χ0n) is 14.7. The van der Waals surface area contributed by atoms with Gasteiger partial charge >= 0.3 is 0 Å². The van der Waals surface area contributed by atoms with Gasteiger partial charge in [0, 0.05) is 29.7 Å². The van der Waals surface area contributed by atoms with Crippen molar-refractivity contribution in [2.75, 3.05) is 11.9 Å². The van der Waals surface area contributed by atoms with Gasteiger partial charge in [-0.15, -0.1) is 11.3 Å². The Balaban J connectivity index is 1.50. The van der Waals surface area contributed by atoms with Crippen LogP contribution in [-0.4, -0.2) is 22.4 Å². The van der Waals surface area contributed by atoms with E-state index in [1.807, 2.05) is 60.1 Å². The van der Waals surface area contributed by atoms with Gasteiger partial charge in [-0.25, -0.2) is 4.98 Å². The highest BCUT2D eigenvalue weighted by Gasteiger charge is 2.18. The number of carbonyl (C=O) groups is 1. The lowest BCUT2D eigenvalue weighted by atomic mass is 9.98. The summed E-state index contributed by atoms with van der Waals surface area (Å²) in [6.45, 7) is 0.313. The van der Waals surface area contributed by atoms with Crippen LogP contribution in [0.5, 0.6) is 0 Å². The summed E-state index contributed by atoms with van der Waals surface area (Å²) in [5, 5.41) is 6.96. The van der Waals surface area contributed by atoms with E-state index in [-0.39, 0.29) is 11.8 Å². The number of nitrogens with zero attached hydrogens (tertiary/aromatic N) is 1. The number of amides is 1. The summed E-state index contributed by atoms with van der Waals surface area (Å²) < 4.78 is 0. The number of aromatic amines is 1. The topological polar surface area (TPSA) is 83.8 Å². The minimum absolute atomic E-state index is 0.0451. The van der Waals surface area contributed by atoms with Gasteiger partial charge in [-0.3, -0.25) is 4.79 Å². The molecule has 0 bridgehead atoms. The number of hydrogen-bond donors (Lipinski definition) is 3. The molecule has 1 atom stereocenters. The Bertz CT molecular complexity index is 1050. The molecule has 0 aliphatic rings. The molecule has 3 heterocycles. The third-order valence-corrected chi connectivity index (χ3v) is 5.44. The van der Waals surface area contributed by atoms with Crippen molar-refractivity contribution in [2.45, 2.75) is 6.42 Å². The maximum absolute atomic E-state index is 12.7. The van der Waals surface area contributed by atoms with Crippen LogP contribution in [0.25, 0.3) is 22.2 Å². The molecule has 4 N–H and O–H groups in total. The summed E-state index contributed by atoms with van der Waals surface area (Å²) in [6, 6.07) is 16.0. The third-order valence-electron chi connectivity index (χ3n) is 4.60. The van der Waals surface area contributed by atoms with Crippen molar-refractivity contribution in [1.82, 2.24) is 9.97 Å². The number of anilines is 1. The molecule has 6 heteroatoms. The molecule has 1 unspecified atom stereocenters. The van der Waals surface area contributed by atoms with E-state index in [0.29, 0.717) is 13.0 Å². The Morgan fingerprint density at radius 3 is 2.89 bits per heavy atom. The second-order valence-corrected chi connectivity index (χ2v) is 7.32. The number of H-pyrrole nitrogens is 1. The normalized spacial score (nSPS) is 12.2. The van der Waals surface area contributed by atoms with Gasteiger partial charge in [0.25, 0.3) is 0 Å². The quantitative estimate of drug-likeness (QED) is 0.475. The summed E-state index contributed by atoms with van der Waals surface area (Å²) in [5.74, 6) is -0.300. The molecule has 0 aliphatic carbocycles. The standard InChI is InChI=1S/C21H20N4OS/c22-12-15(10-14-4-2-1-3-5-14)21(26)25-19-11-16(13-27-19)17-6-8-23-20-18(17)7-9-24-20/h1-9,11,13,15H,10,12,22H2,(H,23,24)(H,25,26). The smallest absolute Gasteiger partial charge is 0.229 e. The second-order valence-electron chi connectivity index (χ2n) is 6.41. The molecule has 1 aromatic carbocycles. The number of rotatable bonds is 6. The summed E-state index contributed by atoms with van der Waals surface area (Å²) in [6.07, 6.45) is 4.30. The van der Waals surface area contributed by atoms with Gasteiger partial charge in [0.1, 0.15) is 5.65 Å². The molecule has 0 spiro atoms. The molecule has 4 aromatic rings. The predicted octanol–water partition coefficient (Wildman–Crippen LogP) is 4.05. The van der Waals surface area contributed by atoms with Crippen LogP contribution in [0.1, 0.15) is 5.56 Å². The molecule has 0 saturated heterocycles. The lowest BCUT2D eigenvalue weighted by Gasteiger charge is -2.14. The van der Waals surface area contributed by atoms with Crippen LogP contribution in [0.3, 0.4) is 0 Å². The van der Waals surface area contributed by atoms with Crippen LogP contribution in [0.15, 0.2) is 66.3 Å². The van der Waals surface area contributed by atoms with E-state index < -0.39 is 0 Å². The van der Waals surface area contributed by atoms with Crippen LogP contribution in [0.4, 0.5) is 5.00 Å². The van der Waals surface area contributed by atoms with Gasteiger partial charge in [-0.1, -0.05) is 30.3 Å². The predicted molar refractivity (Wildman–Crippen MR) is 111 cm³/mol. The molecule has 27 heavy (non-hydrogen) atoms. The SMILES string of the molecule is NCC(Cc1ccccc1)C(=O)Nc1cc(-c2ccnc3[nH]ccc23)cs1.